The predicted molar refractivity (Wildman–Crippen MR) is 73.2 cm³/mol. The van der Waals surface area contributed by atoms with Crippen LogP contribution in [0.4, 0.5) is 5.69 Å². The maximum Gasteiger partial charge on any atom is 0.270 e. The normalized spacial score (nSPS) is 19.5. The van der Waals surface area contributed by atoms with E-state index in [9.17, 15) is 4.79 Å². The van der Waals surface area contributed by atoms with Crippen LogP contribution in [0.3, 0.4) is 0 Å². The van der Waals surface area contributed by atoms with E-state index in [1.165, 1.54) is 0 Å². The highest BCUT2D eigenvalue weighted by molar-refractivity contribution is 6.39. The summed E-state index contributed by atoms with van der Waals surface area (Å²) in [7, 11) is 0. The minimum Gasteiger partial charge on any atom is -0.378 e. The molecular weight excluding hydrogens is 242 g/mol. The van der Waals surface area contributed by atoms with Crippen LogP contribution in [-0.2, 0) is 9.53 Å². The molecule has 1 saturated heterocycles. The van der Waals surface area contributed by atoms with Gasteiger partial charge in [-0.05, 0) is 12.1 Å². The first-order valence-electron chi connectivity index (χ1n) is 6.62. The molecule has 5 nitrogen and oxygen atoms in total. The number of hydrogen-bond acceptors (Lipinski definition) is 4. The van der Waals surface area contributed by atoms with Crippen molar-refractivity contribution in [2.45, 2.75) is 6.42 Å². The lowest BCUT2D eigenvalue weighted by atomic mass is 10.2. The zero-order valence-electron chi connectivity index (χ0n) is 10.8. The second-order valence-electron chi connectivity index (χ2n) is 4.66. The molecule has 1 aromatic carbocycles. The number of carbonyl (C=O) groups excluding carboxylic acids is 1. The molecule has 0 N–H and O–H groups in total. The maximum atomic E-state index is 12.3. The lowest BCUT2D eigenvalue weighted by Gasteiger charge is -2.26. The molecule has 19 heavy (non-hydrogen) atoms. The Bertz CT molecular complexity index is 481. The molecule has 0 bridgehead atoms. The molecule has 5 heteroatoms. The summed E-state index contributed by atoms with van der Waals surface area (Å²) in [5.74, 6) is 0.0572. The molecule has 0 aromatic heterocycles. The van der Waals surface area contributed by atoms with Gasteiger partial charge in [-0.1, -0.05) is 18.2 Å². The van der Waals surface area contributed by atoms with Crippen molar-refractivity contribution in [3.63, 3.8) is 0 Å². The highest BCUT2D eigenvalue weighted by Gasteiger charge is 2.26. The van der Waals surface area contributed by atoms with Gasteiger partial charge in [-0.3, -0.25) is 9.80 Å². The molecule has 0 aliphatic carbocycles. The van der Waals surface area contributed by atoms with Crippen molar-refractivity contribution in [2.24, 2.45) is 5.10 Å². The van der Waals surface area contributed by atoms with Crippen molar-refractivity contribution in [2.75, 3.05) is 37.9 Å². The summed E-state index contributed by atoms with van der Waals surface area (Å²) < 4.78 is 5.26. The Morgan fingerprint density at radius 1 is 1.11 bits per heavy atom. The monoisotopic (exact) mass is 259 g/mol. The topological polar surface area (TPSA) is 45.1 Å². The fraction of sp³-hybridized carbons (Fsp3) is 0.429. The van der Waals surface area contributed by atoms with Crippen molar-refractivity contribution in [1.82, 2.24) is 4.90 Å². The Morgan fingerprint density at radius 2 is 1.84 bits per heavy atom. The van der Waals surface area contributed by atoms with Gasteiger partial charge in [0, 0.05) is 26.1 Å². The van der Waals surface area contributed by atoms with E-state index in [1.54, 1.807) is 0 Å². The lowest BCUT2D eigenvalue weighted by Crippen LogP contribution is -2.43. The van der Waals surface area contributed by atoms with Crippen LogP contribution in [0, 0.1) is 0 Å². The van der Waals surface area contributed by atoms with Crippen LogP contribution in [0.15, 0.2) is 35.4 Å². The van der Waals surface area contributed by atoms with E-state index in [1.807, 2.05) is 40.2 Å². The number of para-hydroxylation sites is 1. The number of morpholine rings is 1. The predicted octanol–water partition coefficient (Wildman–Crippen LogP) is 1.11. The number of anilines is 1. The minimum absolute atomic E-state index is 0.0572. The molecule has 0 spiro atoms. The van der Waals surface area contributed by atoms with Gasteiger partial charge in [0.25, 0.3) is 5.91 Å². The zero-order chi connectivity index (χ0) is 13.1. The van der Waals surface area contributed by atoms with Gasteiger partial charge in [-0.25, -0.2) is 0 Å². The Balaban J connectivity index is 1.70. The van der Waals surface area contributed by atoms with Crippen LogP contribution in [-0.4, -0.2) is 49.4 Å². The van der Waals surface area contributed by atoms with Crippen LogP contribution >= 0.6 is 0 Å². The number of hydrogen-bond donors (Lipinski definition) is 0. The molecule has 1 fully saturated rings. The quantitative estimate of drug-likeness (QED) is 0.799. The first-order valence-corrected chi connectivity index (χ1v) is 6.62. The highest BCUT2D eigenvalue weighted by Crippen LogP contribution is 2.19. The van der Waals surface area contributed by atoms with Crippen LogP contribution in [0.2, 0.25) is 0 Å². The number of rotatable bonds is 2. The van der Waals surface area contributed by atoms with Crippen molar-refractivity contribution >= 4 is 17.3 Å². The summed E-state index contributed by atoms with van der Waals surface area (Å²) in [5, 5.41) is 6.35. The van der Waals surface area contributed by atoms with Crippen molar-refractivity contribution in [3.05, 3.63) is 30.3 Å². The first-order chi connectivity index (χ1) is 9.34. The third-order valence-corrected chi connectivity index (χ3v) is 3.40. The molecule has 0 radical (unpaired) electrons. The van der Waals surface area contributed by atoms with Crippen molar-refractivity contribution in [1.29, 1.82) is 0 Å². The number of hydrazone groups is 1. The molecule has 0 saturated carbocycles. The van der Waals surface area contributed by atoms with Gasteiger partial charge in [-0.15, -0.1) is 0 Å². The second kappa shape index (κ2) is 5.40. The van der Waals surface area contributed by atoms with E-state index in [0.29, 0.717) is 38.4 Å². The van der Waals surface area contributed by atoms with Crippen LogP contribution in [0.25, 0.3) is 0 Å². The SMILES string of the molecule is O=C(C1=NN(c2ccccc2)CC1)N1CCOCC1. The molecule has 3 rings (SSSR count). The smallest absolute Gasteiger partial charge is 0.270 e. The molecule has 2 heterocycles. The van der Waals surface area contributed by atoms with Gasteiger partial charge in [0.1, 0.15) is 5.71 Å². The van der Waals surface area contributed by atoms with Gasteiger partial charge in [0.2, 0.25) is 0 Å². The maximum absolute atomic E-state index is 12.3. The summed E-state index contributed by atoms with van der Waals surface area (Å²) >= 11 is 0. The van der Waals surface area contributed by atoms with E-state index in [-0.39, 0.29) is 5.91 Å². The van der Waals surface area contributed by atoms with Gasteiger partial charge < -0.3 is 9.64 Å². The van der Waals surface area contributed by atoms with Crippen molar-refractivity contribution < 1.29 is 9.53 Å². The Morgan fingerprint density at radius 3 is 2.58 bits per heavy atom. The Kier molecular flexibility index (Phi) is 3.46. The molecule has 1 aromatic rings. The highest BCUT2D eigenvalue weighted by atomic mass is 16.5. The number of amides is 1. The Hall–Kier alpha value is -1.88. The fourth-order valence-corrected chi connectivity index (χ4v) is 2.34. The summed E-state index contributed by atoms with van der Waals surface area (Å²) in [4.78, 5) is 14.1. The molecule has 2 aliphatic heterocycles. The van der Waals surface area contributed by atoms with Crippen LogP contribution in [0.1, 0.15) is 6.42 Å². The van der Waals surface area contributed by atoms with Gasteiger partial charge in [0.15, 0.2) is 0 Å². The number of nitrogens with zero attached hydrogens (tertiary/aromatic N) is 3. The molecule has 0 atom stereocenters. The second-order valence-corrected chi connectivity index (χ2v) is 4.66. The Labute approximate surface area is 112 Å². The first kappa shape index (κ1) is 12.2. The average Bonchev–Trinajstić information content (AvgIpc) is 2.98. The van der Waals surface area contributed by atoms with Crippen LogP contribution < -0.4 is 5.01 Å². The molecule has 1 amide bonds. The summed E-state index contributed by atoms with van der Waals surface area (Å²) in [6.07, 6.45) is 0.713. The average molecular weight is 259 g/mol. The van der Waals surface area contributed by atoms with Gasteiger partial charge >= 0.3 is 0 Å². The van der Waals surface area contributed by atoms with Crippen LogP contribution in [0.5, 0.6) is 0 Å². The zero-order valence-corrected chi connectivity index (χ0v) is 10.8. The van der Waals surface area contributed by atoms with E-state index >= 15 is 0 Å². The van der Waals surface area contributed by atoms with E-state index in [4.69, 9.17) is 4.74 Å². The molecule has 0 unspecified atom stereocenters. The van der Waals surface area contributed by atoms with Gasteiger partial charge in [-0.2, -0.15) is 5.10 Å². The van der Waals surface area contributed by atoms with Gasteiger partial charge in [0.05, 0.1) is 18.9 Å². The number of ether oxygens (including phenoxy) is 1. The standard InChI is InChI=1S/C14H17N3O2/c18-14(16-8-10-19-11-9-16)13-6-7-17(15-13)12-4-2-1-3-5-12/h1-5H,6-11H2. The summed E-state index contributed by atoms with van der Waals surface area (Å²) in [6.45, 7) is 3.37. The lowest BCUT2D eigenvalue weighted by molar-refractivity contribution is -0.128. The third kappa shape index (κ3) is 2.61. The summed E-state index contributed by atoms with van der Waals surface area (Å²) in [6, 6.07) is 9.94. The van der Waals surface area contributed by atoms with E-state index in [2.05, 4.69) is 5.10 Å². The van der Waals surface area contributed by atoms with E-state index in [0.717, 1.165) is 12.2 Å². The fourth-order valence-electron chi connectivity index (χ4n) is 2.34. The number of carbonyl (C=O) groups is 1. The summed E-state index contributed by atoms with van der Waals surface area (Å²) in [5.41, 5.74) is 1.69. The molecule has 100 valence electrons. The minimum atomic E-state index is 0.0572. The largest absolute Gasteiger partial charge is 0.378 e. The molecule has 2 aliphatic rings. The third-order valence-electron chi connectivity index (χ3n) is 3.40. The van der Waals surface area contributed by atoms with E-state index < -0.39 is 0 Å². The molecular formula is C14H17N3O2. The number of benzene rings is 1. The van der Waals surface area contributed by atoms with Crippen molar-refractivity contribution in [3.8, 4) is 0 Å².